The Morgan fingerprint density at radius 3 is 2.19 bits per heavy atom. The maximum Gasteiger partial charge on any atom is 0.0891 e. The largest absolute Gasteiger partial charge is 0.314 e. The number of nitrogens with zero attached hydrogens (tertiary/aromatic N) is 3. The zero-order valence-corrected chi connectivity index (χ0v) is 29.0. The highest BCUT2D eigenvalue weighted by Crippen LogP contribution is 2.42. The highest BCUT2D eigenvalue weighted by molar-refractivity contribution is 6.09. The van der Waals surface area contributed by atoms with Gasteiger partial charge in [0.15, 0.2) is 0 Å². The van der Waals surface area contributed by atoms with Crippen LogP contribution in [0.2, 0.25) is 0 Å². The van der Waals surface area contributed by atoms with E-state index in [9.17, 15) is 0 Å². The third-order valence-electron chi connectivity index (χ3n) is 11.1. The maximum atomic E-state index is 4.81. The van der Waals surface area contributed by atoms with Crippen molar-refractivity contribution in [3.63, 3.8) is 0 Å². The zero-order chi connectivity index (χ0) is 35.0. The van der Waals surface area contributed by atoms with Crippen LogP contribution in [0.25, 0.3) is 72.7 Å². The predicted molar refractivity (Wildman–Crippen MR) is 222 cm³/mol. The number of hydrogen-bond acceptors (Lipinski definition) is 2. The molecule has 2 aliphatic rings. The second-order valence-corrected chi connectivity index (χ2v) is 14.0. The molecular formula is C49H34N4. The Morgan fingerprint density at radius 1 is 0.585 bits per heavy atom. The molecule has 0 bridgehead atoms. The van der Waals surface area contributed by atoms with Gasteiger partial charge in [0, 0.05) is 45.2 Å². The number of anilines is 2. The van der Waals surface area contributed by atoms with E-state index in [2.05, 4.69) is 196 Å². The maximum absolute atomic E-state index is 4.81. The van der Waals surface area contributed by atoms with Gasteiger partial charge in [-0.1, -0.05) is 134 Å². The second-order valence-electron chi connectivity index (χ2n) is 14.0. The minimum Gasteiger partial charge on any atom is -0.314 e. The molecular weight excluding hydrogens is 645 g/mol. The normalized spacial score (nSPS) is 14.4. The van der Waals surface area contributed by atoms with Crippen molar-refractivity contribution in [1.82, 2.24) is 9.35 Å². The van der Waals surface area contributed by atoms with E-state index in [0.717, 1.165) is 50.5 Å². The minimum absolute atomic E-state index is 0.881. The third kappa shape index (κ3) is 4.49. The summed E-state index contributed by atoms with van der Waals surface area (Å²) in [6, 6.07) is 56.5. The van der Waals surface area contributed by atoms with Crippen LogP contribution in [0.3, 0.4) is 0 Å². The summed E-state index contributed by atoms with van der Waals surface area (Å²) in [4.78, 5) is 2.34. The van der Waals surface area contributed by atoms with Gasteiger partial charge in [0.25, 0.3) is 0 Å². The number of hydrogen-bond donors (Lipinski definition) is 1. The summed E-state index contributed by atoms with van der Waals surface area (Å²) >= 11 is 0. The van der Waals surface area contributed by atoms with Crippen LogP contribution in [0.5, 0.6) is 0 Å². The Kier molecular flexibility index (Phi) is 6.43. The molecule has 3 heterocycles. The average molecular weight is 679 g/mol. The quantitative estimate of drug-likeness (QED) is 0.200. The van der Waals surface area contributed by atoms with Crippen LogP contribution in [-0.2, 0) is 6.42 Å². The summed E-state index contributed by atoms with van der Waals surface area (Å²) in [5, 5.41) is 7.03. The van der Waals surface area contributed by atoms with Gasteiger partial charge in [0.05, 0.1) is 22.1 Å². The molecule has 0 saturated carbocycles. The van der Waals surface area contributed by atoms with Gasteiger partial charge in [-0.05, 0) is 87.0 Å². The summed E-state index contributed by atoms with van der Waals surface area (Å²) in [5.41, 5.74) is 18.1. The Balaban J connectivity index is 1.25. The van der Waals surface area contributed by atoms with E-state index >= 15 is 0 Å². The van der Waals surface area contributed by atoms with Crippen LogP contribution in [0.1, 0.15) is 16.7 Å². The third-order valence-corrected chi connectivity index (χ3v) is 11.1. The monoisotopic (exact) mass is 678 g/mol. The lowest BCUT2D eigenvalue weighted by atomic mass is 9.94. The number of allylic oxidation sites excluding steroid dienone is 1. The van der Waals surface area contributed by atoms with Crippen molar-refractivity contribution in [1.29, 1.82) is 0 Å². The van der Waals surface area contributed by atoms with Crippen molar-refractivity contribution < 1.29 is 0 Å². The van der Waals surface area contributed by atoms with Gasteiger partial charge in [-0.3, -0.25) is 0 Å². The van der Waals surface area contributed by atoms with Crippen molar-refractivity contribution in [3.05, 3.63) is 198 Å². The lowest BCUT2D eigenvalue weighted by molar-refractivity contribution is 0.776. The average Bonchev–Trinajstić information content (AvgIpc) is 3.86. The molecule has 4 nitrogen and oxygen atoms in total. The molecule has 2 aromatic heterocycles. The highest BCUT2D eigenvalue weighted by atomic mass is 15.6. The highest BCUT2D eigenvalue weighted by Gasteiger charge is 2.26. The van der Waals surface area contributed by atoms with Gasteiger partial charge >= 0.3 is 0 Å². The Labute approximate surface area is 307 Å². The summed E-state index contributed by atoms with van der Waals surface area (Å²) in [7, 11) is 0. The fraction of sp³-hybridized carbons (Fsp3) is 0.0204. The first-order chi connectivity index (χ1) is 26.2. The number of benzene rings is 7. The van der Waals surface area contributed by atoms with E-state index < -0.39 is 0 Å². The topological polar surface area (TPSA) is 25.1 Å². The molecule has 1 N–H and O–H groups in total. The van der Waals surface area contributed by atoms with Crippen LogP contribution in [0.4, 0.5) is 11.4 Å². The van der Waals surface area contributed by atoms with Gasteiger partial charge in [0.1, 0.15) is 0 Å². The van der Waals surface area contributed by atoms with Crippen molar-refractivity contribution >= 4 is 61.8 Å². The number of para-hydroxylation sites is 2. The van der Waals surface area contributed by atoms with E-state index in [4.69, 9.17) is 6.58 Å². The smallest absolute Gasteiger partial charge is 0.0891 e. The van der Waals surface area contributed by atoms with Crippen LogP contribution >= 0.6 is 0 Å². The van der Waals surface area contributed by atoms with Crippen molar-refractivity contribution in [2.45, 2.75) is 6.42 Å². The van der Waals surface area contributed by atoms with E-state index in [1.54, 1.807) is 0 Å². The first-order valence-electron chi connectivity index (χ1n) is 18.2. The molecule has 9 aromatic rings. The van der Waals surface area contributed by atoms with Crippen molar-refractivity contribution in [2.75, 3.05) is 10.4 Å². The molecule has 11 rings (SSSR count). The lowest BCUT2D eigenvalue weighted by Crippen LogP contribution is -2.39. The Hall–Kier alpha value is -7.04. The molecule has 250 valence electrons. The van der Waals surface area contributed by atoms with Crippen molar-refractivity contribution in [2.24, 2.45) is 0 Å². The SMILES string of the molecule is C=C1/C=c2\c(n(Nn3cc(-c4ccccc4)c4ccccc43)c3ccc4c(c23)Cc2ccccc2-4)=C/N(c2ccccc2)c2ccc3ccccc3c21. The summed E-state index contributed by atoms with van der Waals surface area (Å²) in [5.74, 6) is 0. The molecule has 4 heteroatoms. The standard InChI is InChI=1S/C49H34N4/c1-32-28-42-47(31-51(36-18-6-3-7-19-36)45-26-24-34-16-8-11-21-38(34)48(32)45)53(46-27-25-39-37-20-10-9-17-35(37)29-41(39)49(42)46)50-52-30-43(33-14-4-2-5-15-33)40-22-12-13-23-44(40)52/h2-28,30-31,50H,1,29H2/b42-28+,47-31+. The molecule has 1 aliphatic carbocycles. The van der Waals surface area contributed by atoms with Crippen molar-refractivity contribution in [3.8, 4) is 22.3 Å². The zero-order valence-electron chi connectivity index (χ0n) is 29.0. The predicted octanol–water partition coefficient (Wildman–Crippen LogP) is 10.4. The van der Waals surface area contributed by atoms with Crippen LogP contribution in [0.15, 0.2) is 171 Å². The minimum atomic E-state index is 0.881. The van der Waals surface area contributed by atoms with Gasteiger partial charge in [-0.25, -0.2) is 14.9 Å². The Bertz CT molecular complexity index is 3070. The fourth-order valence-corrected chi connectivity index (χ4v) is 8.70. The molecule has 0 saturated heterocycles. The summed E-state index contributed by atoms with van der Waals surface area (Å²) in [6.07, 6.45) is 7.74. The molecule has 0 spiro atoms. The lowest BCUT2D eigenvalue weighted by Gasteiger charge is -2.26. The van der Waals surface area contributed by atoms with Gasteiger partial charge in [0.2, 0.25) is 0 Å². The number of rotatable bonds is 4. The van der Waals surface area contributed by atoms with Gasteiger partial charge in [-0.2, -0.15) is 0 Å². The first-order valence-corrected chi connectivity index (χ1v) is 18.2. The summed E-state index contributed by atoms with van der Waals surface area (Å²) in [6.45, 7) is 4.81. The number of aromatic nitrogens is 2. The van der Waals surface area contributed by atoms with E-state index in [1.165, 1.54) is 54.9 Å². The molecule has 53 heavy (non-hydrogen) atoms. The van der Waals surface area contributed by atoms with E-state index in [1.807, 2.05) is 0 Å². The molecule has 0 fully saturated rings. The number of fused-ring (bicyclic) bond motifs is 11. The van der Waals surface area contributed by atoms with Gasteiger partial charge in [-0.15, -0.1) is 0 Å². The summed E-state index contributed by atoms with van der Waals surface area (Å²) < 4.78 is 4.45. The van der Waals surface area contributed by atoms with E-state index in [0.29, 0.717) is 0 Å². The second kappa shape index (κ2) is 11.5. The van der Waals surface area contributed by atoms with Crippen LogP contribution in [-0.4, -0.2) is 9.35 Å². The fourth-order valence-electron chi connectivity index (χ4n) is 8.70. The molecule has 0 radical (unpaired) electrons. The molecule has 1 aliphatic heterocycles. The van der Waals surface area contributed by atoms with E-state index in [-0.39, 0.29) is 0 Å². The molecule has 0 atom stereocenters. The number of nitrogens with one attached hydrogen (secondary N) is 1. The first kappa shape index (κ1) is 29.7. The molecule has 0 amide bonds. The molecule has 0 unspecified atom stereocenters. The van der Waals surface area contributed by atoms with Gasteiger partial charge < -0.3 is 4.90 Å². The molecule has 7 aromatic carbocycles. The van der Waals surface area contributed by atoms with Crippen LogP contribution < -0.4 is 21.0 Å². The Morgan fingerprint density at radius 2 is 1.32 bits per heavy atom. The van der Waals surface area contributed by atoms with Crippen LogP contribution in [0, 0.1) is 0 Å².